The molecule has 0 aliphatic carbocycles. The van der Waals surface area contributed by atoms with Crippen LogP contribution in [-0.2, 0) is 6.42 Å². The van der Waals surface area contributed by atoms with E-state index in [4.69, 9.17) is 15.2 Å². The van der Waals surface area contributed by atoms with Gasteiger partial charge in [0.2, 0.25) is 0 Å². The normalized spacial score (nSPS) is 12.2. The largest absolute Gasteiger partial charge is 0.497 e. The van der Waals surface area contributed by atoms with Gasteiger partial charge in [-0.1, -0.05) is 36.4 Å². The maximum Gasteiger partial charge on any atom is 0.122 e. The van der Waals surface area contributed by atoms with E-state index in [0.29, 0.717) is 6.54 Å². The molecule has 0 spiro atoms. The van der Waals surface area contributed by atoms with E-state index in [0.717, 1.165) is 17.9 Å². The predicted octanol–water partition coefficient (Wildman–Crippen LogP) is 4.45. The lowest BCUT2D eigenvalue weighted by atomic mass is 9.87. The Morgan fingerprint density at radius 2 is 1.76 bits per heavy atom. The Bertz CT molecular complexity index is 873. The summed E-state index contributed by atoms with van der Waals surface area (Å²) in [7, 11) is 3.42. The molecule has 3 nitrogen and oxygen atoms in total. The summed E-state index contributed by atoms with van der Waals surface area (Å²) in [6.45, 7) is 2.69. The van der Waals surface area contributed by atoms with Crippen molar-refractivity contribution in [3.8, 4) is 11.5 Å². The molecule has 3 aromatic rings. The number of hydrogen-bond donors (Lipinski definition) is 1. The van der Waals surface area contributed by atoms with Gasteiger partial charge in [0, 0.05) is 11.5 Å². The van der Waals surface area contributed by atoms with Gasteiger partial charge < -0.3 is 15.2 Å². The minimum Gasteiger partial charge on any atom is -0.497 e. The Balaban J connectivity index is 2.04. The monoisotopic (exact) mass is 335 g/mol. The van der Waals surface area contributed by atoms with Crippen molar-refractivity contribution in [2.24, 2.45) is 5.73 Å². The first-order valence-corrected chi connectivity index (χ1v) is 8.57. The van der Waals surface area contributed by atoms with Crippen LogP contribution < -0.4 is 15.2 Å². The lowest BCUT2D eigenvalue weighted by Gasteiger charge is -2.21. The van der Waals surface area contributed by atoms with E-state index in [1.807, 2.05) is 12.1 Å². The molecule has 0 radical (unpaired) electrons. The fourth-order valence-electron chi connectivity index (χ4n) is 3.52. The van der Waals surface area contributed by atoms with Crippen molar-refractivity contribution in [3.63, 3.8) is 0 Å². The Hall–Kier alpha value is -2.52. The molecule has 1 atom stereocenters. The number of methoxy groups -OCH3 is 2. The van der Waals surface area contributed by atoms with Crippen LogP contribution in [0.5, 0.6) is 11.5 Å². The Morgan fingerprint density at radius 3 is 2.44 bits per heavy atom. The van der Waals surface area contributed by atoms with Crippen molar-refractivity contribution in [1.29, 1.82) is 0 Å². The van der Waals surface area contributed by atoms with E-state index < -0.39 is 0 Å². The smallest absolute Gasteiger partial charge is 0.122 e. The van der Waals surface area contributed by atoms with Crippen LogP contribution in [0, 0.1) is 6.92 Å². The summed E-state index contributed by atoms with van der Waals surface area (Å²) in [4.78, 5) is 0. The summed E-state index contributed by atoms with van der Waals surface area (Å²) < 4.78 is 11.0. The average molecular weight is 335 g/mol. The molecule has 3 aromatic carbocycles. The Labute approximate surface area is 149 Å². The van der Waals surface area contributed by atoms with Gasteiger partial charge in [0.15, 0.2) is 0 Å². The highest BCUT2D eigenvalue weighted by Gasteiger charge is 2.18. The first-order chi connectivity index (χ1) is 12.2. The quantitative estimate of drug-likeness (QED) is 0.724. The van der Waals surface area contributed by atoms with E-state index in [-0.39, 0.29) is 5.92 Å². The molecule has 0 aromatic heterocycles. The Kier molecular flexibility index (Phi) is 5.25. The summed E-state index contributed by atoms with van der Waals surface area (Å²) in [5.41, 5.74) is 9.83. The average Bonchev–Trinajstić information content (AvgIpc) is 2.66. The van der Waals surface area contributed by atoms with Crippen LogP contribution in [-0.4, -0.2) is 20.8 Å². The molecule has 3 heteroatoms. The number of ether oxygens (including phenoxy) is 2. The third kappa shape index (κ3) is 3.47. The number of hydrogen-bond acceptors (Lipinski definition) is 3. The molecule has 0 heterocycles. The van der Waals surface area contributed by atoms with Crippen molar-refractivity contribution >= 4 is 10.8 Å². The molecule has 0 fully saturated rings. The second-order valence-electron chi connectivity index (χ2n) is 6.33. The maximum absolute atomic E-state index is 6.16. The number of aryl methyl sites for hydroxylation is 1. The molecule has 0 bridgehead atoms. The van der Waals surface area contributed by atoms with Crippen LogP contribution in [0.1, 0.15) is 22.6 Å². The van der Waals surface area contributed by atoms with Gasteiger partial charge in [-0.25, -0.2) is 0 Å². The molecule has 0 amide bonds. The summed E-state index contributed by atoms with van der Waals surface area (Å²) in [5, 5.41) is 2.45. The summed E-state index contributed by atoms with van der Waals surface area (Å²) in [6, 6.07) is 18.8. The van der Waals surface area contributed by atoms with E-state index in [1.165, 1.54) is 27.5 Å². The summed E-state index contributed by atoms with van der Waals surface area (Å²) >= 11 is 0. The van der Waals surface area contributed by atoms with Crippen LogP contribution in [0.3, 0.4) is 0 Å². The van der Waals surface area contributed by atoms with Crippen LogP contribution in [0.4, 0.5) is 0 Å². The second kappa shape index (κ2) is 7.58. The van der Waals surface area contributed by atoms with E-state index in [9.17, 15) is 0 Å². The molecule has 0 aliphatic rings. The van der Waals surface area contributed by atoms with Crippen LogP contribution in [0.25, 0.3) is 10.8 Å². The zero-order valence-electron chi connectivity index (χ0n) is 15.1. The van der Waals surface area contributed by atoms with Gasteiger partial charge in [0.1, 0.15) is 11.5 Å². The lowest BCUT2D eigenvalue weighted by Crippen LogP contribution is -2.16. The first kappa shape index (κ1) is 17.3. The number of rotatable bonds is 6. The van der Waals surface area contributed by atoms with Gasteiger partial charge in [-0.15, -0.1) is 0 Å². The molecule has 0 saturated heterocycles. The highest BCUT2D eigenvalue weighted by molar-refractivity contribution is 5.87. The minimum absolute atomic E-state index is 0.227. The van der Waals surface area contributed by atoms with Crippen molar-refractivity contribution in [1.82, 2.24) is 0 Å². The van der Waals surface area contributed by atoms with Gasteiger partial charge in [0.25, 0.3) is 0 Å². The van der Waals surface area contributed by atoms with Crippen molar-refractivity contribution < 1.29 is 9.47 Å². The number of fused-ring (bicyclic) bond motifs is 1. The fourth-order valence-corrected chi connectivity index (χ4v) is 3.52. The molecule has 130 valence electrons. The molecule has 3 rings (SSSR count). The third-order valence-corrected chi connectivity index (χ3v) is 4.87. The molecule has 2 N–H and O–H groups in total. The van der Waals surface area contributed by atoms with Crippen LogP contribution >= 0.6 is 0 Å². The lowest BCUT2D eigenvalue weighted by molar-refractivity contribution is 0.408. The SMILES string of the molecule is COc1ccc(C(CN)Cc2c(OC)ccc3ccccc23)c(C)c1. The molecular weight excluding hydrogens is 310 g/mol. The molecular formula is C22H25NO2. The minimum atomic E-state index is 0.227. The molecule has 1 unspecified atom stereocenters. The van der Waals surface area contributed by atoms with Crippen molar-refractivity contribution in [2.75, 3.05) is 20.8 Å². The summed E-state index contributed by atoms with van der Waals surface area (Å²) in [6.07, 6.45) is 0.841. The fraction of sp³-hybridized carbons (Fsp3) is 0.273. The van der Waals surface area contributed by atoms with Crippen LogP contribution in [0.2, 0.25) is 0 Å². The number of benzene rings is 3. The first-order valence-electron chi connectivity index (χ1n) is 8.57. The highest BCUT2D eigenvalue weighted by atomic mass is 16.5. The van der Waals surface area contributed by atoms with E-state index in [2.05, 4.69) is 49.4 Å². The number of nitrogens with two attached hydrogens (primary N) is 1. The van der Waals surface area contributed by atoms with E-state index >= 15 is 0 Å². The zero-order valence-corrected chi connectivity index (χ0v) is 15.1. The Morgan fingerprint density at radius 1 is 0.960 bits per heavy atom. The molecule has 0 aliphatic heterocycles. The second-order valence-corrected chi connectivity index (χ2v) is 6.33. The summed E-state index contributed by atoms with van der Waals surface area (Å²) in [5.74, 6) is 2.02. The highest BCUT2D eigenvalue weighted by Crippen LogP contribution is 2.34. The van der Waals surface area contributed by atoms with Gasteiger partial charge in [0.05, 0.1) is 14.2 Å². The topological polar surface area (TPSA) is 44.5 Å². The van der Waals surface area contributed by atoms with E-state index in [1.54, 1.807) is 14.2 Å². The zero-order chi connectivity index (χ0) is 17.8. The van der Waals surface area contributed by atoms with Gasteiger partial charge in [-0.2, -0.15) is 0 Å². The van der Waals surface area contributed by atoms with Crippen molar-refractivity contribution in [3.05, 3.63) is 71.3 Å². The van der Waals surface area contributed by atoms with Crippen molar-refractivity contribution in [2.45, 2.75) is 19.3 Å². The van der Waals surface area contributed by atoms with Crippen LogP contribution in [0.15, 0.2) is 54.6 Å². The van der Waals surface area contributed by atoms with Gasteiger partial charge >= 0.3 is 0 Å². The van der Waals surface area contributed by atoms with Gasteiger partial charge in [-0.05, 0) is 60.0 Å². The third-order valence-electron chi connectivity index (χ3n) is 4.87. The maximum atomic E-state index is 6.16. The predicted molar refractivity (Wildman–Crippen MR) is 104 cm³/mol. The van der Waals surface area contributed by atoms with Gasteiger partial charge in [-0.3, -0.25) is 0 Å². The standard InChI is InChI=1S/C22H25NO2/c1-15-12-18(24-2)9-10-19(15)17(14-23)13-21-20-7-5-4-6-16(20)8-11-22(21)25-3/h4-12,17H,13-14,23H2,1-3H3. The molecule has 25 heavy (non-hydrogen) atoms. The molecule has 0 saturated carbocycles.